The van der Waals surface area contributed by atoms with E-state index in [0.29, 0.717) is 9.50 Å². The highest BCUT2D eigenvalue weighted by molar-refractivity contribution is 9.10. The maximum Gasteiger partial charge on any atom is 0.307 e. The maximum atomic E-state index is 14.3. The van der Waals surface area contributed by atoms with Crippen molar-refractivity contribution in [1.82, 2.24) is 0 Å². The molecule has 21 heavy (non-hydrogen) atoms. The summed E-state index contributed by atoms with van der Waals surface area (Å²) in [5, 5.41) is 9.19. The Kier molecular flexibility index (Phi) is 5.08. The van der Waals surface area contributed by atoms with Crippen molar-refractivity contribution in [2.24, 2.45) is 0 Å². The standard InChI is InChI=1S/C14H8BrCl2FO3/c15-8-4-9(16)6-10(5-8)21-14-11(17)2-1-7(13(14)18)3-12(19)20/h1-2,4-6H,3H2,(H,19,20). The van der Waals surface area contributed by atoms with Gasteiger partial charge in [0.1, 0.15) is 5.75 Å². The summed E-state index contributed by atoms with van der Waals surface area (Å²) in [6.45, 7) is 0. The average molecular weight is 394 g/mol. The quantitative estimate of drug-likeness (QED) is 0.765. The van der Waals surface area contributed by atoms with Crippen LogP contribution in [0.5, 0.6) is 11.5 Å². The van der Waals surface area contributed by atoms with Gasteiger partial charge in [-0.15, -0.1) is 0 Å². The molecule has 0 amide bonds. The first-order valence-electron chi connectivity index (χ1n) is 5.69. The van der Waals surface area contributed by atoms with Gasteiger partial charge in [0.2, 0.25) is 0 Å². The fraction of sp³-hybridized carbons (Fsp3) is 0.0714. The van der Waals surface area contributed by atoms with Crippen LogP contribution in [0.1, 0.15) is 5.56 Å². The lowest BCUT2D eigenvalue weighted by Gasteiger charge is -2.11. The second kappa shape index (κ2) is 6.64. The number of ether oxygens (including phenoxy) is 1. The molecule has 0 heterocycles. The van der Waals surface area contributed by atoms with Gasteiger partial charge in [-0.05, 0) is 24.3 Å². The summed E-state index contributed by atoms with van der Waals surface area (Å²) >= 11 is 15.0. The van der Waals surface area contributed by atoms with Crippen molar-refractivity contribution in [2.45, 2.75) is 6.42 Å². The van der Waals surface area contributed by atoms with Gasteiger partial charge in [0.25, 0.3) is 0 Å². The highest BCUT2D eigenvalue weighted by Crippen LogP contribution is 2.36. The Morgan fingerprint density at radius 2 is 2.00 bits per heavy atom. The van der Waals surface area contributed by atoms with Gasteiger partial charge in [0.15, 0.2) is 11.6 Å². The number of benzene rings is 2. The predicted molar refractivity (Wildman–Crippen MR) is 82.0 cm³/mol. The van der Waals surface area contributed by atoms with Crippen LogP contribution in [0, 0.1) is 5.82 Å². The highest BCUT2D eigenvalue weighted by atomic mass is 79.9. The van der Waals surface area contributed by atoms with Crippen molar-refractivity contribution in [3.8, 4) is 11.5 Å². The van der Waals surface area contributed by atoms with Crippen molar-refractivity contribution in [3.63, 3.8) is 0 Å². The molecule has 2 aromatic rings. The summed E-state index contributed by atoms with van der Waals surface area (Å²) < 4.78 is 20.3. The van der Waals surface area contributed by atoms with Gasteiger partial charge in [0, 0.05) is 15.1 Å². The van der Waals surface area contributed by atoms with E-state index >= 15 is 0 Å². The van der Waals surface area contributed by atoms with Crippen molar-refractivity contribution in [2.75, 3.05) is 0 Å². The molecular formula is C14H8BrCl2FO3. The molecule has 0 saturated carbocycles. The van der Waals surface area contributed by atoms with Gasteiger partial charge in [-0.25, -0.2) is 4.39 Å². The van der Waals surface area contributed by atoms with E-state index in [0.717, 1.165) is 0 Å². The van der Waals surface area contributed by atoms with Gasteiger partial charge < -0.3 is 9.84 Å². The SMILES string of the molecule is O=C(O)Cc1ccc(Cl)c(Oc2cc(Cl)cc(Br)c2)c1F. The van der Waals surface area contributed by atoms with Crippen LogP contribution < -0.4 is 4.74 Å². The smallest absolute Gasteiger partial charge is 0.307 e. The van der Waals surface area contributed by atoms with E-state index in [9.17, 15) is 9.18 Å². The van der Waals surface area contributed by atoms with Crippen LogP contribution >= 0.6 is 39.1 Å². The van der Waals surface area contributed by atoms with Crippen molar-refractivity contribution in [3.05, 3.63) is 56.2 Å². The molecule has 0 fully saturated rings. The van der Waals surface area contributed by atoms with Gasteiger partial charge in [-0.1, -0.05) is 45.2 Å². The first-order chi connectivity index (χ1) is 9.86. The second-order valence-corrected chi connectivity index (χ2v) is 5.89. The molecule has 0 radical (unpaired) electrons. The maximum absolute atomic E-state index is 14.3. The Bertz CT molecular complexity index is 687. The van der Waals surface area contributed by atoms with Crippen molar-refractivity contribution < 1.29 is 19.0 Å². The third-order valence-electron chi connectivity index (χ3n) is 2.53. The molecule has 0 aliphatic heterocycles. The molecule has 0 bridgehead atoms. The number of rotatable bonds is 4. The molecule has 0 unspecified atom stereocenters. The Labute approximate surface area is 138 Å². The van der Waals surface area contributed by atoms with E-state index in [1.165, 1.54) is 18.2 Å². The molecule has 0 atom stereocenters. The highest BCUT2D eigenvalue weighted by Gasteiger charge is 2.17. The van der Waals surface area contributed by atoms with E-state index in [2.05, 4.69) is 15.9 Å². The second-order valence-electron chi connectivity index (χ2n) is 4.13. The van der Waals surface area contributed by atoms with Crippen LogP contribution in [0.25, 0.3) is 0 Å². The van der Waals surface area contributed by atoms with Crippen LogP contribution in [-0.4, -0.2) is 11.1 Å². The van der Waals surface area contributed by atoms with Crippen LogP contribution in [0.2, 0.25) is 10.0 Å². The number of halogens is 4. The fourth-order valence-electron chi connectivity index (χ4n) is 1.67. The number of carboxylic acid groups (broad SMARTS) is 1. The molecular weight excluding hydrogens is 386 g/mol. The molecule has 3 nitrogen and oxygen atoms in total. The van der Waals surface area contributed by atoms with E-state index < -0.39 is 18.2 Å². The Balaban J connectivity index is 2.41. The van der Waals surface area contributed by atoms with Gasteiger partial charge >= 0.3 is 5.97 Å². The fourth-order valence-corrected chi connectivity index (χ4v) is 2.69. The monoisotopic (exact) mass is 392 g/mol. The van der Waals surface area contributed by atoms with Crippen LogP contribution in [0.3, 0.4) is 0 Å². The summed E-state index contributed by atoms with van der Waals surface area (Å²) in [4.78, 5) is 10.7. The molecule has 0 aliphatic carbocycles. The molecule has 0 spiro atoms. The van der Waals surface area contributed by atoms with E-state index in [4.69, 9.17) is 33.0 Å². The van der Waals surface area contributed by atoms with Crippen LogP contribution in [0.15, 0.2) is 34.8 Å². The number of hydrogen-bond donors (Lipinski definition) is 1. The van der Waals surface area contributed by atoms with E-state index in [1.54, 1.807) is 12.1 Å². The lowest BCUT2D eigenvalue weighted by Crippen LogP contribution is -2.04. The van der Waals surface area contributed by atoms with Crippen LogP contribution in [-0.2, 0) is 11.2 Å². The molecule has 2 aromatic carbocycles. The summed E-state index contributed by atoms with van der Waals surface area (Å²) in [6, 6.07) is 7.43. The minimum absolute atomic E-state index is 0.0111. The number of aliphatic carboxylic acids is 1. The van der Waals surface area contributed by atoms with Gasteiger partial charge in [0.05, 0.1) is 11.4 Å². The minimum atomic E-state index is -1.15. The van der Waals surface area contributed by atoms with E-state index in [-0.39, 0.29) is 22.1 Å². The van der Waals surface area contributed by atoms with Crippen molar-refractivity contribution >= 4 is 45.1 Å². The lowest BCUT2D eigenvalue weighted by atomic mass is 10.1. The Morgan fingerprint density at radius 1 is 1.29 bits per heavy atom. The van der Waals surface area contributed by atoms with Crippen molar-refractivity contribution in [1.29, 1.82) is 0 Å². The normalized spacial score (nSPS) is 10.5. The molecule has 1 N–H and O–H groups in total. The molecule has 0 aliphatic rings. The minimum Gasteiger partial charge on any atom is -0.481 e. The summed E-state index contributed by atoms with van der Waals surface area (Å²) in [6.07, 6.45) is -0.460. The summed E-state index contributed by atoms with van der Waals surface area (Å²) in [7, 11) is 0. The molecule has 2 rings (SSSR count). The third-order valence-corrected chi connectivity index (χ3v) is 3.50. The first-order valence-corrected chi connectivity index (χ1v) is 7.24. The first kappa shape index (κ1) is 16.1. The zero-order chi connectivity index (χ0) is 15.6. The molecule has 7 heteroatoms. The predicted octanol–water partition coefficient (Wildman–Crippen LogP) is 5.31. The number of carbonyl (C=O) groups is 1. The summed E-state index contributed by atoms with van der Waals surface area (Å²) in [5.74, 6) is -1.90. The topological polar surface area (TPSA) is 46.5 Å². The largest absolute Gasteiger partial charge is 0.481 e. The molecule has 0 saturated heterocycles. The van der Waals surface area contributed by atoms with E-state index in [1.807, 2.05) is 0 Å². The number of carboxylic acids is 1. The Morgan fingerprint density at radius 3 is 2.62 bits per heavy atom. The average Bonchev–Trinajstić information content (AvgIpc) is 2.36. The Hall–Kier alpha value is -1.30. The third kappa shape index (κ3) is 4.09. The zero-order valence-electron chi connectivity index (χ0n) is 10.4. The lowest BCUT2D eigenvalue weighted by molar-refractivity contribution is -0.136. The number of hydrogen-bond acceptors (Lipinski definition) is 2. The van der Waals surface area contributed by atoms with Gasteiger partial charge in [-0.3, -0.25) is 4.79 Å². The van der Waals surface area contributed by atoms with Gasteiger partial charge in [-0.2, -0.15) is 0 Å². The summed E-state index contributed by atoms with van der Waals surface area (Å²) in [5.41, 5.74) is -0.0111. The molecule has 110 valence electrons. The zero-order valence-corrected chi connectivity index (χ0v) is 13.5. The molecule has 0 aromatic heterocycles. The van der Waals surface area contributed by atoms with Crippen LogP contribution in [0.4, 0.5) is 4.39 Å².